The van der Waals surface area contributed by atoms with E-state index in [1.807, 2.05) is 45.2 Å². The molecule has 0 fully saturated rings. The number of aromatic nitrogens is 2. The van der Waals surface area contributed by atoms with Crippen LogP contribution in [0, 0.1) is 20.8 Å². The van der Waals surface area contributed by atoms with Crippen LogP contribution < -0.4 is 0 Å². The highest BCUT2D eigenvalue weighted by atomic mass is 16.1. The van der Waals surface area contributed by atoms with Gasteiger partial charge in [-0.3, -0.25) is 9.48 Å². The van der Waals surface area contributed by atoms with E-state index in [0.717, 1.165) is 22.3 Å². The predicted octanol–water partition coefficient (Wildman–Crippen LogP) is 2.69. The number of ketones is 1. The summed E-state index contributed by atoms with van der Waals surface area (Å²) >= 11 is 0. The van der Waals surface area contributed by atoms with Gasteiger partial charge in [0.05, 0.1) is 6.20 Å². The molecule has 1 aromatic heterocycles. The predicted molar refractivity (Wildman–Crippen MR) is 67.2 cm³/mol. The Hall–Kier alpha value is -1.90. The van der Waals surface area contributed by atoms with Crippen molar-refractivity contribution in [2.24, 2.45) is 0 Å². The molecule has 0 saturated heterocycles. The fraction of sp³-hybridized carbons (Fsp3) is 0.286. The van der Waals surface area contributed by atoms with Crippen molar-refractivity contribution in [3.05, 3.63) is 52.8 Å². The van der Waals surface area contributed by atoms with Gasteiger partial charge in [-0.2, -0.15) is 5.10 Å². The fourth-order valence-electron chi connectivity index (χ4n) is 1.82. The normalized spacial score (nSPS) is 10.5. The standard InChI is InChI=1S/C14H16N2O/c1-10-4-5-12(3)13(6-10)14(17)9-16-8-11(2)7-15-16/h4-8H,9H2,1-3H3. The summed E-state index contributed by atoms with van der Waals surface area (Å²) in [5.74, 6) is 0.106. The average Bonchev–Trinajstić information content (AvgIpc) is 2.67. The van der Waals surface area contributed by atoms with E-state index in [0.29, 0.717) is 6.54 Å². The molecule has 0 amide bonds. The number of hydrogen-bond donors (Lipinski definition) is 0. The molecule has 0 aliphatic rings. The van der Waals surface area contributed by atoms with Crippen molar-refractivity contribution < 1.29 is 4.79 Å². The Kier molecular flexibility index (Phi) is 3.09. The first-order chi connectivity index (χ1) is 8.06. The first kappa shape index (κ1) is 11.6. The number of carbonyl (C=O) groups is 1. The molecule has 0 saturated carbocycles. The van der Waals surface area contributed by atoms with Crippen molar-refractivity contribution in [2.75, 3.05) is 0 Å². The average molecular weight is 228 g/mol. The third-order valence-corrected chi connectivity index (χ3v) is 2.76. The van der Waals surface area contributed by atoms with Crippen LogP contribution in [0.5, 0.6) is 0 Å². The zero-order valence-corrected chi connectivity index (χ0v) is 10.4. The molecule has 3 nitrogen and oxygen atoms in total. The van der Waals surface area contributed by atoms with Gasteiger partial charge in [0.25, 0.3) is 0 Å². The van der Waals surface area contributed by atoms with Crippen molar-refractivity contribution in [3.8, 4) is 0 Å². The van der Waals surface area contributed by atoms with Crippen LogP contribution in [0.1, 0.15) is 27.0 Å². The van der Waals surface area contributed by atoms with Gasteiger partial charge >= 0.3 is 0 Å². The summed E-state index contributed by atoms with van der Waals surface area (Å²) in [6.07, 6.45) is 3.64. The molecule has 0 atom stereocenters. The second-order valence-electron chi connectivity index (χ2n) is 4.46. The molecule has 1 aromatic carbocycles. The van der Waals surface area contributed by atoms with Crippen LogP contribution >= 0.6 is 0 Å². The quantitative estimate of drug-likeness (QED) is 0.757. The molecule has 17 heavy (non-hydrogen) atoms. The molecule has 0 radical (unpaired) electrons. The smallest absolute Gasteiger partial charge is 0.184 e. The van der Waals surface area contributed by atoms with Gasteiger partial charge in [-0.05, 0) is 38.0 Å². The minimum absolute atomic E-state index is 0.106. The summed E-state index contributed by atoms with van der Waals surface area (Å²) in [6, 6.07) is 5.94. The molecular weight excluding hydrogens is 212 g/mol. The van der Waals surface area contributed by atoms with Gasteiger partial charge in [-0.1, -0.05) is 17.7 Å². The maximum absolute atomic E-state index is 12.1. The van der Waals surface area contributed by atoms with Crippen molar-refractivity contribution >= 4 is 5.78 Å². The van der Waals surface area contributed by atoms with Crippen LogP contribution in [-0.4, -0.2) is 15.6 Å². The Morgan fingerprint density at radius 3 is 2.65 bits per heavy atom. The van der Waals surface area contributed by atoms with E-state index in [1.54, 1.807) is 10.9 Å². The first-order valence-electron chi connectivity index (χ1n) is 5.66. The van der Waals surface area contributed by atoms with Gasteiger partial charge in [-0.15, -0.1) is 0 Å². The SMILES string of the molecule is Cc1ccc(C)c(C(=O)Cn2cc(C)cn2)c1. The van der Waals surface area contributed by atoms with Crippen LogP contribution in [-0.2, 0) is 6.54 Å². The Morgan fingerprint density at radius 1 is 1.24 bits per heavy atom. The van der Waals surface area contributed by atoms with E-state index in [1.165, 1.54) is 0 Å². The lowest BCUT2D eigenvalue weighted by Crippen LogP contribution is -2.12. The molecule has 2 aromatic rings. The van der Waals surface area contributed by atoms with Crippen LogP contribution in [0.3, 0.4) is 0 Å². The lowest BCUT2D eigenvalue weighted by molar-refractivity contribution is 0.0967. The van der Waals surface area contributed by atoms with Crippen LogP contribution in [0.25, 0.3) is 0 Å². The number of rotatable bonds is 3. The van der Waals surface area contributed by atoms with Gasteiger partial charge in [0.2, 0.25) is 0 Å². The number of Topliss-reactive ketones (excluding diaryl/α,β-unsaturated/α-hetero) is 1. The molecule has 0 bridgehead atoms. The Bertz CT molecular complexity index is 555. The first-order valence-corrected chi connectivity index (χ1v) is 5.66. The molecule has 0 aliphatic carbocycles. The van der Waals surface area contributed by atoms with E-state index in [4.69, 9.17) is 0 Å². The summed E-state index contributed by atoms with van der Waals surface area (Å²) in [4.78, 5) is 12.1. The lowest BCUT2D eigenvalue weighted by atomic mass is 10.0. The molecule has 0 N–H and O–H groups in total. The van der Waals surface area contributed by atoms with Gasteiger partial charge in [0.15, 0.2) is 5.78 Å². The number of carbonyl (C=O) groups excluding carboxylic acids is 1. The highest BCUT2D eigenvalue weighted by Crippen LogP contribution is 2.12. The topological polar surface area (TPSA) is 34.9 Å². The second-order valence-corrected chi connectivity index (χ2v) is 4.46. The van der Waals surface area contributed by atoms with Gasteiger partial charge in [0, 0.05) is 11.8 Å². The molecule has 88 valence electrons. The summed E-state index contributed by atoms with van der Waals surface area (Å²) in [5.41, 5.74) is 3.98. The van der Waals surface area contributed by atoms with Gasteiger partial charge < -0.3 is 0 Å². The third kappa shape index (κ3) is 2.61. The van der Waals surface area contributed by atoms with Crippen molar-refractivity contribution in [3.63, 3.8) is 0 Å². The van der Waals surface area contributed by atoms with Gasteiger partial charge in [-0.25, -0.2) is 0 Å². The van der Waals surface area contributed by atoms with E-state index in [-0.39, 0.29) is 5.78 Å². The zero-order valence-electron chi connectivity index (χ0n) is 10.4. The van der Waals surface area contributed by atoms with E-state index in [9.17, 15) is 4.79 Å². The van der Waals surface area contributed by atoms with Crippen molar-refractivity contribution in [2.45, 2.75) is 27.3 Å². The largest absolute Gasteiger partial charge is 0.292 e. The van der Waals surface area contributed by atoms with Crippen LogP contribution in [0.15, 0.2) is 30.6 Å². The molecular formula is C14H16N2O. The van der Waals surface area contributed by atoms with E-state index >= 15 is 0 Å². The molecule has 0 spiro atoms. The van der Waals surface area contributed by atoms with Crippen molar-refractivity contribution in [1.82, 2.24) is 9.78 Å². The fourth-order valence-corrected chi connectivity index (χ4v) is 1.82. The monoisotopic (exact) mass is 228 g/mol. The summed E-state index contributed by atoms with van der Waals surface area (Å²) in [6.45, 7) is 6.22. The number of benzene rings is 1. The third-order valence-electron chi connectivity index (χ3n) is 2.76. The lowest BCUT2D eigenvalue weighted by Gasteiger charge is -2.06. The second kappa shape index (κ2) is 4.53. The van der Waals surface area contributed by atoms with Crippen LogP contribution in [0.4, 0.5) is 0 Å². The number of hydrogen-bond acceptors (Lipinski definition) is 2. The Labute approximate surface area is 101 Å². The van der Waals surface area contributed by atoms with Crippen molar-refractivity contribution in [1.29, 1.82) is 0 Å². The number of aryl methyl sites for hydroxylation is 3. The summed E-state index contributed by atoms with van der Waals surface area (Å²) in [7, 11) is 0. The minimum atomic E-state index is 0.106. The molecule has 0 aliphatic heterocycles. The molecule has 2 rings (SSSR count). The maximum Gasteiger partial charge on any atom is 0.184 e. The summed E-state index contributed by atoms with van der Waals surface area (Å²) < 4.78 is 1.68. The highest BCUT2D eigenvalue weighted by Gasteiger charge is 2.10. The molecule has 0 unspecified atom stereocenters. The van der Waals surface area contributed by atoms with E-state index in [2.05, 4.69) is 5.10 Å². The highest BCUT2D eigenvalue weighted by molar-refractivity contribution is 5.97. The minimum Gasteiger partial charge on any atom is -0.292 e. The van der Waals surface area contributed by atoms with Gasteiger partial charge in [0.1, 0.15) is 6.54 Å². The number of nitrogens with zero attached hydrogens (tertiary/aromatic N) is 2. The summed E-state index contributed by atoms with van der Waals surface area (Å²) in [5, 5.41) is 4.13. The maximum atomic E-state index is 12.1. The van der Waals surface area contributed by atoms with Crippen LogP contribution in [0.2, 0.25) is 0 Å². The molecule has 1 heterocycles. The van der Waals surface area contributed by atoms with E-state index < -0.39 is 0 Å². The molecule has 3 heteroatoms. The Balaban J connectivity index is 2.22. The zero-order chi connectivity index (χ0) is 12.4. The Morgan fingerprint density at radius 2 is 2.00 bits per heavy atom.